The minimum atomic E-state index is -0.364. The van der Waals surface area contributed by atoms with Gasteiger partial charge < -0.3 is 0 Å². The lowest BCUT2D eigenvalue weighted by molar-refractivity contribution is 0.0948. The second-order valence-corrected chi connectivity index (χ2v) is 2.03. The molecule has 5 heteroatoms. The Bertz CT molecular complexity index is 255. The summed E-state index contributed by atoms with van der Waals surface area (Å²) in [5.41, 5.74) is 2.35. The number of amides is 1. The summed E-state index contributed by atoms with van der Waals surface area (Å²) in [7, 11) is 0. The maximum atomic E-state index is 10.8. The number of carbonyl (C=O) groups excluding carboxylic acids is 1. The highest BCUT2D eigenvalue weighted by Gasteiger charge is 2.05. The molecule has 0 atom stereocenters. The van der Waals surface area contributed by atoms with Crippen LogP contribution in [0, 0.1) is 0 Å². The lowest BCUT2D eigenvalue weighted by atomic mass is 10.4. The molecule has 0 aliphatic carbocycles. The van der Waals surface area contributed by atoms with Gasteiger partial charge in [-0.25, -0.2) is 5.84 Å². The van der Waals surface area contributed by atoms with E-state index >= 15 is 0 Å². The van der Waals surface area contributed by atoms with Crippen LogP contribution in [0.2, 0.25) is 0 Å². The number of nitrogen functional groups attached to an aromatic ring is 1. The van der Waals surface area contributed by atoms with Crippen LogP contribution in [0.1, 0.15) is 17.4 Å². The maximum absolute atomic E-state index is 10.8. The van der Waals surface area contributed by atoms with Crippen molar-refractivity contribution in [2.24, 2.45) is 5.84 Å². The summed E-state index contributed by atoms with van der Waals surface area (Å²) in [4.78, 5) is 10.8. The van der Waals surface area contributed by atoms with Crippen molar-refractivity contribution in [1.82, 2.24) is 15.2 Å². The van der Waals surface area contributed by atoms with Crippen LogP contribution in [-0.4, -0.2) is 15.7 Å². The highest BCUT2D eigenvalue weighted by Crippen LogP contribution is 1.93. The van der Waals surface area contributed by atoms with E-state index in [-0.39, 0.29) is 5.91 Å². The van der Waals surface area contributed by atoms with Crippen molar-refractivity contribution in [3.8, 4) is 0 Å². The standard InChI is InChI=1S/C6H10N4O/c1-2-10-4-3-5(9-10)6(11)8-7/h3-4H,2,7H2,1H3,(H,8,11). The molecule has 3 N–H and O–H groups in total. The summed E-state index contributed by atoms with van der Waals surface area (Å²) < 4.78 is 1.66. The molecule has 0 radical (unpaired) electrons. The highest BCUT2D eigenvalue weighted by molar-refractivity contribution is 5.91. The quantitative estimate of drug-likeness (QED) is 0.343. The van der Waals surface area contributed by atoms with Crippen LogP contribution in [-0.2, 0) is 6.54 Å². The molecule has 0 spiro atoms. The molecule has 1 amide bonds. The van der Waals surface area contributed by atoms with Crippen molar-refractivity contribution in [2.75, 3.05) is 0 Å². The smallest absolute Gasteiger partial charge is 0.285 e. The van der Waals surface area contributed by atoms with Gasteiger partial charge in [0.1, 0.15) is 0 Å². The summed E-state index contributed by atoms with van der Waals surface area (Å²) in [6, 6.07) is 1.62. The number of hydrazine groups is 1. The average molecular weight is 154 g/mol. The third kappa shape index (κ3) is 1.56. The van der Waals surface area contributed by atoms with E-state index in [1.165, 1.54) is 0 Å². The van der Waals surface area contributed by atoms with E-state index in [0.29, 0.717) is 5.69 Å². The predicted molar refractivity (Wildman–Crippen MR) is 39.6 cm³/mol. The molecule has 0 bridgehead atoms. The van der Waals surface area contributed by atoms with E-state index in [9.17, 15) is 4.79 Å². The molecule has 0 saturated heterocycles. The summed E-state index contributed by atoms with van der Waals surface area (Å²) >= 11 is 0. The van der Waals surface area contributed by atoms with Gasteiger partial charge in [0.15, 0.2) is 5.69 Å². The van der Waals surface area contributed by atoms with Crippen LogP contribution >= 0.6 is 0 Å². The van der Waals surface area contributed by atoms with Crippen molar-refractivity contribution in [2.45, 2.75) is 13.5 Å². The molecule has 5 nitrogen and oxygen atoms in total. The fourth-order valence-corrected chi connectivity index (χ4v) is 0.733. The molecule has 1 aromatic heterocycles. The van der Waals surface area contributed by atoms with E-state index in [1.54, 1.807) is 16.9 Å². The summed E-state index contributed by atoms with van der Waals surface area (Å²) in [5, 5.41) is 3.92. The SMILES string of the molecule is CCn1ccc(C(=O)NN)n1. The second kappa shape index (κ2) is 3.16. The van der Waals surface area contributed by atoms with E-state index in [4.69, 9.17) is 5.84 Å². The van der Waals surface area contributed by atoms with Crippen LogP contribution in [0.25, 0.3) is 0 Å². The number of nitrogens with zero attached hydrogens (tertiary/aromatic N) is 2. The zero-order valence-electron chi connectivity index (χ0n) is 6.24. The Balaban J connectivity index is 2.80. The van der Waals surface area contributed by atoms with Gasteiger partial charge in [-0.3, -0.25) is 14.9 Å². The molecular formula is C6H10N4O. The van der Waals surface area contributed by atoms with Crippen molar-refractivity contribution in [3.05, 3.63) is 18.0 Å². The van der Waals surface area contributed by atoms with Gasteiger partial charge in [-0.2, -0.15) is 5.10 Å². The van der Waals surface area contributed by atoms with Gasteiger partial charge in [0.2, 0.25) is 0 Å². The van der Waals surface area contributed by atoms with Crippen LogP contribution < -0.4 is 11.3 Å². The number of nitrogens with two attached hydrogens (primary N) is 1. The molecule has 0 aromatic carbocycles. The fraction of sp³-hybridized carbons (Fsp3) is 0.333. The van der Waals surface area contributed by atoms with Gasteiger partial charge in [-0.1, -0.05) is 0 Å². The van der Waals surface area contributed by atoms with E-state index in [2.05, 4.69) is 5.10 Å². The highest BCUT2D eigenvalue weighted by atomic mass is 16.2. The van der Waals surface area contributed by atoms with Crippen molar-refractivity contribution >= 4 is 5.91 Å². The van der Waals surface area contributed by atoms with E-state index < -0.39 is 0 Å². The number of aryl methyl sites for hydroxylation is 1. The second-order valence-electron chi connectivity index (χ2n) is 2.03. The van der Waals surface area contributed by atoms with Crippen molar-refractivity contribution < 1.29 is 4.79 Å². The lowest BCUT2D eigenvalue weighted by Gasteiger charge is -1.93. The van der Waals surface area contributed by atoms with Crippen LogP contribution in [0.5, 0.6) is 0 Å². The van der Waals surface area contributed by atoms with Gasteiger partial charge in [0.05, 0.1) is 0 Å². The van der Waals surface area contributed by atoms with Crippen molar-refractivity contribution in [1.29, 1.82) is 0 Å². The molecule has 11 heavy (non-hydrogen) atoms. The third-order valence-electron chi connectivity index (χ3n) is 1.33. The molecule has 1 aromatic rings. The molecule has 1 heterocycles. The largest absolute Gasteiger partial charge is 0.289 e. The Morgan fingerprint density at radius 3 is 3.09 bits per heavy atom. The van der Waals surface area contributed by atoms with Crippen LogP contribution in [0.15, 0.2) is 12.3 Å². The van der Waals surface area contributed by atoms with Crippen molar-refractivity contribution in [3.63, 3.8) is 0 Å². The van der Waals surface area contributed by atoms with E-state index in [1.807, 2.05) is 12.3 Å². The molecule has 0 unspecified atom stereocenters. The normalized spacial score (nSPS) is 9.64. The Labute approximate surface area is 64.2 Å². The molecule has 0 aliphatic rings. The first-order valence-corrected chi connectivity index (χ1v) is 3.32. The number of rotatable bonds is 2. The zero-order valence-corrected chi connectivity index (χ0v) is 6.24. The molecular weight excluding hydrogens is 144 g/mol. The summed E-state index contributed by atoms with van der Waals surface area (Å²) in [6.07, 6.45) is 1.73. The monoisotopic (exact) mass is 154 g/mol. The number of carbonyl (C=O) groups is 1. The minimum Gasteiger partial charge on any atom is -0.289 e. The number of hydrogen-bond acceptors (Lipinski definition) is 3. The zero-order chi connectivity index (χ0) is 8.27. The van der Waals surface area contributed by atoms with Gasteiger partial charge in [0, 0.05) is 12.7 Å². The topological polar surface area (TPSA) is 72.9 Å². The first-order valence-electron chi connectivity index (χ1n) is 3.32. The Morgan fingerprint density at radius 1 is 1.91 bits per heavy atom. The fourth-order valence-electron chi connectivity index (χ4n) is 0.733. The van der Waals surface area contributed by atoms with Gasteiger partial charge in [0.25, 0.3) is 5.91 Å². The summed E-state index contributed by atoms with van der Waals surface area (Å²) in [5.74, 6) is 4.54. The van der Waals surface area contributed by atoms with Gasteiger partial charge in [-0.05, 0) is 13.0 Å². The predicted octanol–water partition coefficient (Wildman–Crippen LogP) is -0.494. The lowest BCUT2D eigenvalue weighted by Crippen LogP contribution is -2.30. The van der Waals surface area contributed by atoms with E-state index in [0.717, 1.165) is 6.54 Å². The Kier molecular flexibility index (Phi) is 2.22. The first-order chi connectivity index (χ1) is 5.27. The minimum absolute atomic E-state index is 0.342. The van der Waals surface area contributed by atoms with Crippen LogP contribution in [0.4, 0.5) is 0 Å². The number of hydrogen-bond donors (Lipinski definition) is 2. The molecule has 60 valence electrons. The number of aromatic nitrogens is 2. The average Bonchev–Trinajstić information content (AvgIpc) is 2.50. The van der Waals surface area contributed by atoms with Gasteiger partial charge in [-0.15, -0.1) is 0 Å². The maximum Gasteiger partial charge on any atom is 0.285 e. The molecule has 0 aliphatic heterocycles. The Morgan fingerprint density at radius 2 is 2.64 bits per heavy atom. The molecule has 0 fully saturated rings. The van der Waals surface area contributed by atoms with Gasteiger partial charge >= 0.3 is 0 Å². The Hall–Kier alpha value is -1.36. The molecule has 0 saturated carbocycles. The van der Waals surface area contributed by atoms with Crippen LogP contribution in [0.3, 0.4) is 0 Å². The number of nitrogens with one attached hydrogen (secondary N) is 1. The first kappa shape index (κ1) is 7.74. The molecule has 1 rings (SSSR count). The third-order valence-corrected chi connectivity index (χ3v) is 1.33. The summed E-state index contributed by atoms with van der Waals surface area (Å²) in [6.45, 7) is 2.69.